The van der Waals surface area contributed by atoms with Gasteiger partial charge < -0.3 is 14.5 Å². The zero-order valence-electron chi connectivity index (χ0n) is 18.2. The summed E-state index contributed by atoms with van der Waals surface area (Å²) < 4.78 is 5.18. The number of rotatable bonds is 7. The van der Waals surface area contributed by atoms with Crippen molar-refractivity contribution in [1.29, 1.82) is 0 Å². The van der Waals surface area contributed by atoms with Gasteiger partial charge in [0.2, 0.25) is 11.8 Å². The van der Waals surface area contributed by atoms with Gasteiger partial charge in [0, 0.05) is 38.0 Å². The maximum atomic E-state index is 12.8. The predicted octanol–water partition coefficient (Wildman–Crippen LogP) is 4.12. The lowest BCUT2D eigenvalue weighted by atomic mass is 10.1. The Morgan fingerprint density at radius 1 is 1.00 bits per heavy atom. The highest BCUT2D eigenvalue weighted by atomic mass is 32.1. The largest absolute Gasteiger partial charge is 0.497 e. The summed E-state index contributed by atoms with van der Waals surface area (Å²) in [7, 11) is 1.64. The second kappa shape index (κ2) is 10.7. The summed E-state index contributed by atoms with van der Waals surface area (Å²) in [5.74, 6) is 1.05. The molecule has 168 valence electrons. The van der Waals surface area contributed by atoms with Crippen LogP contribution in [0.25, 0.3) is 9.88 Å². The van der Waals surface area contributed by atoms with Gasteiger partial charge in [0.25, 0.3) is 0 Å². The second-order valence-corrected chi connectivity index (χ2v) is 9.57. The van der Waals surface area contributed by atoms with Crippen LogP contribution >= 0.6 is 22.7 Å². The average Bonchev–Trinajstić information content (AvgIpc) is 3.45. The van der Waals surface area contributed by atoms with E-state index in [4.69, 9.17) is 4.74 Å². The molecule has 8 heteroatoms. The highest BCUT2D eigenvalue weighted by molar-refractivity contribution is 7.20. The number of benzene rings is 1. The van der Waals surface area contributed by atoms with Gasteiger partial charge in [-0.05, 0) is 42.0 Å². The number of thiophene rings is 1. The Balaban J connectivity index is 1.25. The number of nitrogens with zero attached hydrogens (tertiary/aromatic N) is 3. The quantitative estimate of drug-likeness (QED) is 0.522. The molecule has 0 saturated carbocycles. The molecule has 2 amide bonds. The SMILES string of the molecule is COc1ccc(CCC(=O)N2CCCN(C(=O)Cc3csc(-c4cccs4)n3)CC2)cc1. The number of ether oxygens (including phenoxy) is 1. The Morgan fingerprint density at radius 3 is 2.44 bits per heavy atom. The smallest absolute Gasteiger partial charge is 0.228 e. The van der Waals surface area contributed by atoms with Gasteiger partial charge in [-0.1, -0.05) is 18.2 Å². The third-order valence-corrected chi connectivity index (χ3v) is 7.53. The van der Waals surface area contributed by atoms with Crippen molar-refractivity contribution in [1.82, 2.24) is 14.8 Å². The van der Waals surface area contributed by atoms with Gasteiger partial charge in [-0.3, -0.25) is 9.59 Å². The topological polar surface area (TPSA) is 62.7 Å². The van der Waals surface area contributed by atoms with Crippen LogP contribution in [-0.4, -0.2) is 59.9 Å². The molecular formula is C24H27N3O3S2. The molecular weight excluding hydrogens is 442 g/mol. The van der Waals surface area contributed by atoms with E-state index in [1.807, 2.05) is 57.0 Å². The number of thiazole rings is 1. The van der Waals surface area contributed by atoms with Gasteiger partial charge in [0.15, 0.2) is 0 Å². The molecule has 0 spiro atoms. The number of carbonyl (C=O) groups is 2. The molecule has 0 bridgehead atoms. The maximum Gasteiger partial charge on any atom is 0.228 e. The molecule has 0 atom stereocenters. The molecule has 1 aromatic carbocycles. The summed E-state index contributed by atoms with van der Waals surface area (Å²) in [6.45, 7) is 2.55. The van der Waals surface area contributed by atoms with Crippen LogP contribution in [0.15, 0.2) is 47.2 Å². The van der Waals surface area contributed by atoms with E-state index >= 15 is 0 Å². The van der Waals surface area contributed by atoms with Gasteiger partial charge in [-0.25, -0.2) is 4.98 Å². The van der Waals surface area contributed by atoms with E-state index in [2.05, 4.69) is 4.98 Å². The Labute approximate surface area is 196 Å². The monoisotopic (exact) mass is 469 g/mol. The van der Waals surface area contributed by atoms with Crippen LogP contribution < -0.4 is 4.74 Å². The van der Waals surface area contributed by atoms with E-state index in [0.29, 0.717) is 45.4 Å². The summed E-state index contributed by atoms with van der Waals surface area (Å²) in [4.78, 5) is 35.1. The maximum absolute atomic E-state index is 12.8. The molecule has 0 radical (unpaired) electrons. The molecule has 1 saturated heterocycles. The zero-order valence-corrected chi connectivity index (χ0v) is 19.8. The number of hydrogen-bond donors (Lipinski definition) is 0. The average molecular weight is 470 g/mol. The minimum absolute atomic E-state index is 0.0839. The molecule has 1 aliphatic heterocycles. The first-order valence-electron chi connectivity index (χ1n) is 10.8. The van der Waals surface area contributed by atoms with Crippen LogP contribution in [0.1, 0.15) is 24.1 Å². The predicted molar refractivity (Wildman–Crippen MR) is 128 cm³/mol. The Morgan fingerprint density at radius 2 is 1.75 bits per heavy atom. The van der Waals surface area contributed by atoms with Crippen molar-refractivity contribution < 1.29 is 14.3 Å². The fourth-order valence-corrected chi connectivity index (χ4v) is 5.42. The Bertz CT molecular complexity index is 1030. The van der Waals surface area contributed by atoms with Crippen LogP contribution in [0.4, 0.5) is 0 Å². The molecule has 1 aliphatic rings. The lowest BCUT2D eigenvalue weighted by molar-refractivity contribution is -0.133. The highest BCUT2D eigenvalue weighted by Gasteiger charge is 2.22. The summed E-state index contributed by atoms with van der Waals surface area (Å²) >= 11 is 3.23. The van der Waals surface area contributed by atoms with Gasteiger partial charge in [-0.2, -0.15) is 0 Å². The van der Waals surface area contributed by atoms with E-state index in [0.717, 1.165) is 33.3 Å². The summed E-state index contributed by atoms with van der Waals surface area (Å²) in [6.07, 6.45) is 2.30. The number of amides is 2. The number of aryl methyl sites for hydroxylation is 1. The first kappa shape index (κ1) is 22.5. The second-order valence-electron chi connectivity index (χ2n) is 7.76. The minimum Gasteiger partial charge on any atom is -0.497 e. The molecule has 6 nitrogen and oxygen atoms in total. The lowest BCUT2D eigenvalue weighted by Gasteiger charge is -2.22. The summed E-state index contributed by atoms with van der Waals surface area (Å²) in [5, 5.41) is 4.97. The fraction of sp³-hybridized carbons (Fsp3) is 0.375. The van der Waals surface area contributed by atoms with Crippen molar-refractivity contribution in [3.8, 4) is 15.6 Å². The minimum atomic E-state index is 0.0839. The van der Waals surface area contributed by atoms with Gasteiger partial charge in [0.1, 0.15) is 10.8 Å². The van der Waals surface area contributed by atoms with Gasteiger partial charge in [-0.15, -0.1) is 22.7 Å². The Kier molecular flexibility index (Phi) is 7.55. The Hall–Kier alpha value is -2.71. The molecule has 2 aromatic heterocycles. The zero-order chi connectivity index (χ0) is 22.3. The van der Waals surface area contributed by atoms with Crippen LogP contribution in [0, 0.1) is 0 Å². The first-order chi connectivity index (χ1) is 15.6. The third-order valence-electron chi connectivity index (χ3n) is 5.60. The molecule has 0 unspecified atom stereocenters. The van der Waals surface area contributed by atoms with Crippen molar-refractivity contribution in [2.24, 2.45) is 0 Å². The molecule has 1 fully saturated rings. The van der Waals surface area contributed by atoms with E-state index in [1.165, 1.54) is 0 Å². The van der Waals surface area contributed by atoms with Gasteiger partial charge >= 0.3 is 0 Å². The molecule has 32 heavy (non-hydrogen) atoms. The van der Waals surface area contributed by atoms with E-state index < -0.39 is 0 Å². The van der Waals surface area contributed by atoms with Crippen molar-refractivity contribution >= 4 is 34.5 Å². The standard InChI is InChI=1S/C24H27N3O3S2/c1-30-20-8-5-18(6-9-20)7-10-22(28)26-11-3-12-27(14-13-26)23(29)16-19-17-32-24(25-19)21-4-2-15-31-21/h2,4-6,8-9,15,17H,3,7,10-14,16H2,1H3. The highest BCUT2D eigenvalue weighted by Crippen LogP contribution is 2.28. The molecule has 3 aromatic rings. The number of aromatic nitrogens is 1. The molecule has 0 aliphatic carbocycles. The lowest BCUT2D eigenvalue weighted by Crippen LogP contribution is -2.38. The van der Waals surface area contributed by atoms with Gasteiger partial charge in [0.05, 0.1) is 24.1 Å². The van der Waals surface area contributed by atoms with E-state index in [9.17, 15) is 9.59 Å². The molecule has 3 heterocycles. The van der Waals surface area contributed by atoms with E-state index in [1.54, 1.807) is 29.8 Å². The van der Waals surface area contributed by atoms with Crippen molar-refractivity contribution in [2.75, 3.05) is 33.3 Å². The first-order valence-corrected chi connectivity index (χ1v) is 12.5. The van der Waals surface area contributed by atoms with E-state index in [-0.39, 0.29) is 11.8 Å². The molecule has 4 rings (SSSR count). The van der Waals surface area contributed by atoms with Crippen LogP contribution in [0.3, 0.4) is 0 Å². The summed E-state index contributed by atoms with van der Waals surface area (Å²) in [6, 6.07) is 11.9. The fourth-order valence-electron chi connectivity index (χ4n) is 3.79. The van der Waals surface area contributed by atoms with Crippen LogP contribution in [0.2, 0.25) is 0 Å². The number of methoxy groups -OCH3 is 1. The summed E-state index contributed by atoms with van der Waals surface area (Å²) in [5.41, 5.74) is 1.94. The third kappa shape index (κ3) is 5.75. The van der Waals surface area contributed by atoms with Crippen molar-refractivity contribution in [3.63, 3.8) is 0 Å². The molecule has 0 N–H and O–H groups in total. The van der Waals surface area contributed by atoms with Crippen molar-refractivity contribution in [2.45, 2.75) is 25.7 Å². The normalized spacial score (nSPS) is 14.3. The number of hydrogen-bond acceptors (Lipinski definition) is 6. The van der Waals surface area contributed by atoms with Crippen LogP contribution in [0.5, 0.6) is 5.75 Å². The van der Waals surface area contributed by atoms with Crippen molar-refractivity contribution in [3.05, 3.63) is 58.4 Å². The number of carbonyl (C=O) groups excluding carboxylic acids is 2. The van der Waals surface area contributed by atoms with Crippen LogP contribution in [-0.2, 0) is 22.4 Å².